The Hall–Kier alpha value is -1.86. The van der Waals surface area contributed by atoms with Crippen LogP contribution in [-0.2, 0) is 0 Å². The standard InChI is InChI=1S/C15H22N4O3.ClH/c1-17-8-5-11-6-9-18(10-7-11)15(20)12-3-2-4-13(14(12)16)19(21)22;/h2-4,11,17H,5-10,16H2,1H3;1H. The molecule has 0 radical (unpaired) electrons. The number of nitro benzene ring substituents is 1. The van der Waals surface area contributed by atoms with Crippen LogP contribution in [-0.4, -0.2) is 42.4 Å². The van der Waals surface area contributed by atoms with Crippen LogP contribution in [0.1, 0.15) is 29.6 Å². The summed E-state index contributed by atoms with van der Waals surface area (Å²) < 4.78 is 0. The van der Waals surface area contributed by atoms with Gasteiger partial charge in [0.25, 0.3) is 11.6 Å². The Balaban J connectivity index is 0.00000264. The Morgan fingerprint density at radius 3 is 2.65 bits per heavy atom. The van der Waals surface area contributed by atoms with Gasteiger partial charge in [-0.1, -0.05) is 6.07 Å². The van der Waals surface area contributed by atoms with Crippen LogP contribution in [0.2, 0.25) is 0 Å². The van der Waals surface area contributed by atoms with Gasteiger partial charge in [0.15, 0.2) is 0 Å². The lowest BCUT2D eigenvalue weighted by Crippen LogP contribution is -2.39. The summed E-state index contributed by atoms with van der Waals surface area (Å²) in [4.78, 5) is 24.6. The van der Waals surface area contributed by atoms with Gasteiger partial charge >= 0.3 is 0 Å². The van der Waals surface area contributed by atoms with Gasteiger partial charge in [-0.25, -0.2) is 0 Å². The van der Waals surface area contributed by atoms with Gasteiger partial charge in [-0.2, -0.15) is 0 Å². The highest BCUT2D eigenvalue weighted by Crippen LogP contribution is 2.28. The lowest BCUT2D eigenvalue weighted by Gasteiger charge is -2.32. The molecule has 1 aromatic rings. The van der Waals surface area contributed by atoms with Crippen LogP contribution in [0.15, 0.2) is 18.2 Å². The van der Waals surface area contributed by atoms with Gasteiger partial charge in [-0.15, -0.1) is 12.4 Å². The van der Waals surface area contributed by atoms with E-state index in [1.165, 1.54) is 12.1 Å². The number of nitrogens with one attached hydrogen (secondary N) is 1. The number of nitro groups is 1. The Morgan fingerprint density at radius 2 is 2.09 bits per heavy atom. The third-order valence-corrected chi connectivity index (χ3v) is 4.21. The first-order valence-electron chi connectivity index (χ1n) is 7.51. The quantitative estimate of drug-likeness (QED) is 0.484. The van der Waals surface area contributed by atoms with Gasteiger partial charge in [0.05, 0.1) is 10.5 Å². The minimum atomic E-state index is -0.559. The van der Waals surface area contributed by atoms with Crippen LogP contribution >= 0.6 is 12.4 Å². The molecule has 2 rings (SSSR count). The van der Waals surface area contributed by atoms with E-state index in [1.54, 1.807) is 11.0 Å². The number of likely N-dealkylation sites (tertiary alicyclic amines) is 1. The van der Waals surface area contributed by atoms with E-state index in [1.807, 2.05) is 7.05 Å². The van der Waals surface area contributed by atoms with E-state index < -0.39 is 4.92 Å². The number of nitrogens with two attached hydrogens (primary N) is 1. The number of carbonyl (C=O) groups is 1. The number of anilines is 1. The van der Waals surface area contributed by atoms with E-state index in [0.717, 1.165) is 25.8 Å². The van der Waals surface area contributed by atoms with Gasteiger partial charge in [-0.05, 0) is 44.8 Å². The molecule has 1 aliphatic heterocycles. The SMILES string of the molecule is CNCCC1CCN(C(=O)c2cccc([N+](=O)[O-])c2N)CC1.Cl. The summed E-state index contributed by atoms with van der Waals surface area (Å²) in [5.74, 6) is 0.409. The predicted octanol–water partition coefficient (Wildman–Crippen LogP) is 2.06. The summed E-state index contributed by atoms with van der Waals surface area (Å²) in [5, 5.41) is 14.0. The third kappa shape index (κ3) is 4.56. The summed E-state index contributed by atoms with van der Waals surface area (Å²) in [6.07, 6.45) is 3.03. The van der Waals surface area contributed by atoms with Crippen molar-refractivity contribution >= 4 is 29.7 Å². The normalized spacial score (nSPS) is 15.1. The lowest BCUT2D eigenvalue weighted by molar-refractivity contribution is -0.383. The number of amides is 1. The Labute approximate surface area is 141 Å². The maximum atomic E-state index is 12.5. The van der Waals surface area contributed by atoms with E-state index in [9.17, 15) is 14.9 Å². The lowest BCUT2D eigenvalue weighted by atomic mass is 9.93. The number of benzene rings is 1. The number of halogens is 1. The molecule has 0 aliphatic carbocycles. The summed E-state index contributed by atoms with van der Waals surface area (Å²) in [5.41, 5.74) is 5.75. The first-order valence-corrected chi connectivity index (χ1v) is 7.51. The van der Waals surface area contributed by atoms with Crippen molar-refractivity contribution in [2.75, 3.05) is 32.4 Å². The number of nitrogen functional groups attached to an aromatic ring is 1. The van der Waals surface area contributed by atoms with Crippen LogP contribution < -0.4 is 11.1 Å². The predicted molar refractivity (Wildman–Crippen MR) is 91.9 cm³/mol. The van der Waals surface area contributed by atoms with Crippen LogP contribution in [0.5, 0.6) is 0 Å². The molecule has 0 aromatic heterocycles. The molecule has 0 unspecified atom stereocenters. The molecule has 1 heterocycles. The summed E-state index contributed by atoms with van der Waals surface area (Å²) in [6, 6.07) is 4.37. The maximum absolute atomic E-state index is 12.5. The molecule has 1 aliphatic rings. The van der Waals surface area contributed by atoms with Crippen molar-refractivity contribution in [1.29, 1.82) is 0 Å². The van der Waals surface area contributed by atoms with E-state index in [2.05, 4.69) is 5.32 Å². The van der Waals surface area contributed by atoms with E-state index in [0.29, 0.717) is 19.0 Å². The van der Waals surface area contributed by atoms with Crippen LogP contribution in [0.4, 0.5) is 11.4 Å². The van der Waals surface area contributed by atoms with E-state index >= 15 is 0 Å². The second-order valence-corrected chi connectivity index (χ2v) is 5.62. The zero-order chi connectivity index (χ0) is 16.1. The molecule has 1 saturated heterocycles. The first kappa shape index (κ1) is 19.2. The summed E-state index contributed by atoms with van der Waals surface area (Å²) in [6.45, 7) is 2.33. The summed E-state index contributed by atoms with van der Waals surface area (Å²) in [7, 11) is 1.93. The van der Waals surface area contributed by atoms with Gasteiger partial charge in [0, 0.05) is 19.2 Å². The maximum Gasteiger partial charge on any atom is 0.292 e. The summed E-state index contributed by atoms with van der Waals surface area (Å²) >= 11 is 0. The highest BCUT2D eigenvalue weighted by molar-refractivity contribution is 6.01. The minimum Gasteiger partial charge on any atom is -0.393 e. The third-order valence-electron chi connectivity index (χ3n) is 4.21. The van der Waals surface area contributed by atoms with E-state index in [4.69, 9.17) is 5.73 Å². The van der Waals surface area contributed by atoms with Crippen molar-refractivity contribution in [3.8, 4) is 0 Å². The van der Waals surface area contributed by atoms with Gasteiger partial charge < -0.3 is 16.0 Å². The number of piperidine rings is 1. The smallest absolute Gasteiger partial charge is 0.292 e. The number of carbonyl (C=O) groups excluding carboxylic acids is 1. The van der Waals surface area contributed by atoms with Crippen LogP contribution in [0.25, 0.3) is 0 Å². The molecule has 23 heavy (non-hydrogen) atoms. The first-order chi connectivity index (χ1) is 10.5. The molecule has 1 aromatic carbocycles. The fourth-order valence-corrected chi connectivity index (χ4v) is 2.84. The molecule has 1 fully saturated rings. The van der Waals surface area contributed by atoms with Crippen molar-refractivity contribution < 1.29 is 9.72 Å². The monoisotopic (exact) mass is 342 g/mol. The number of rotatable bonds is 5. The number of hydrogen-bond acceptors (Lipinski definition) is 5. The van der Waals surface area contributed by atoms with Crippen molar-refractivity contribution in [3.63, 3.8) is 0 Å². The average Bonchev–Trinajstić information content (AvgIpc) is 2.52. The second-order valence-electron chi connectivity index (χ2n) is 5.62. The second kappa shape index (κ2) is 8.69. The topological polar surface area (TPSA) is 102 Å². The molecule has 1 amide bonds. The molecule has 8 heteroatoms. The molecule has 3 N–H and O–H groups in total. The zero-order valence-corrected chi connectivity index (χ0v) is 14.0. The van der Waals surface area contributed by atoms with Gasteiger partial charge in [0.1, 0.15) is 5.69 Å². The Kier molecular flexibility index (Phi) is 7.25. The highest BCUT2D eigenvalue weighted by Gasteiger charge is 2.26. The van der Waals surface area contributed by atoms with Gasteiger partial charge in [0.2, 0.25) is 0 Å². The molecule has 7 nitrogen and oxygen atoms in total. The van der Waals surface area contributed by atoms with Crippen LogP contribution in [0, 0.1) is 16.0 Å². The highest BCUT2D eigenvalue weighted by atomic mass is 35.5. The Bertz CT molecular complexity index is 560. The number of hydrogen-bond donors (Lipinski definition) is 2. The molecule has 0 bridgehead atoms. The minimum absolute atomic E-state index is 0. The van der Waals surface area contributed by atoms with Crippen molar-refractivity contribution in [2.45, 2.75) is 19.3 Å². The average molecular weight is 343 g/mol. The molecular formula is C15H23ClN4O3. The molecule has 0 spiro atoms. The van der Waals surface area contributed by atoms with Crippen molar-refractivity contribution in [2.24, 2.45) is 5.92 Å². The zero-order valence-electron chi connectivity index (χ0n) is 13.2. The Morgan fingerprint density at radius 1 is 1.43 bits per heavy atom. The van der Waals surface area contributed by atoms with Crippen molar-refractivity contribution in [3.05, 3.63) is 33.9 Å². The number of nitrogens with zero attached hydrogens (tertiary/aromatic N) is 2. The molecule has 128 valence electrons. The largest absolute Gasteiger partial charge is 0.393 e. The molecule has 0 atom stereocenters. The van der Waals surface area contributed by atoms with Crippen molar-refractivity contribution in [1.82, 2.24) is 10.2 Å². The fourth-order valence-electron chi connectivity index (χ4n) is 2.84. The number of para-hydroxylation sites is 1. The van der Waals surface area contributed by atoms with Gasteiger partial charge in [-0.3, -0.25) is 14.9 Å². The molecular weight excluding hydrogens is 320 g/mol. The van der Waals surface area contributed by atoms with E-state index in [-0.39, 0.29) is 35.3 Å². The van der Waals surface area contributed by atoms with Crippen LogP contribution in [0.3, 0.4) is 0 Å². The fraction of sp³-hybridized carbons (Fsp3) is 0.533. The molecule has 0 saturated carbocycles.